The van der Waals surface area contributed by atoms with Crippen molar-refractivity contribution in [3.05, 3.63) is 35.9 Å². The van der Waals surface area contributed by atoms with Crippen LogP contribution in [0.2, 0.25) is 0 Å². The van der Waals surface area contributed by atoms with Gasteiger partial charge in [-0.15, -0.1) is 11.8 Å². The minimum atomic E-state index is -5.08. The number of methoxy groups -OCH3 is 2. The first kappa shape index (κ1) is 34.3. The maximum Gasteiger partial charge on any atom is 0.490 e. The number of carboxylic acid groups (broad SMARTS) is 1. The highest BCUT2D eigenvalue weighted by Gasteiger charge is 2.49. The van der Waals surface area contributed by atoms with Gasteiger partial charge in [-0.25, -0.2) is 9.59 Å². The smallest absolute Gasteiger partial charge is 0.475 e. The van der Waals surface area contributed by atoms with E-state index in [1.807, 2.05) is 30.3 Å². The van der Waals surface area contributed by atoms with Crippen LogP contribution in [0.3, 0.4) is 0 Å². The molecule has 0 aliphatic carbocycles. The van der Waals surface area contributed by atoms with Crippen molar-refractivity contribution in [2.24, 2.45) is 4.99 Å². The average Bonchev–Trinajstić information content (AvgIpc) is 3.54. The summed E-state index contributed by atoms with van der Waals surface area (Å²) in [7, 11) is 3.05. The van der Waals surface area contributed by atoms with Crippen molar-refractivity contribution < 1.29 is 51.6 Å². The lowest BCUT2D eigenvalue weighted by Crippen LogP contribution is -2.50. The number of ether oxygens (including phenoxy) is 4. The van der Waals surface area contributed by atoms with Crippen molar-refractivity contribution >= 4 is 34.8 Å². The Bertz CT molecular complexity index is 1050. The summed E-state index contributed by atoms with van der Waals surface area (Å²) in [5.74, 6) is -2.15. The Morgan fingerprint density at radius 3 is 2.22 bits per heavy atom. The van der Waals surface area contributed by atoms with E-state index in [1.54, 1.807) is 32.5 Å². The first-order chi connectivity index (χ1) is 19.2. The zero-order valence-electron chi connectivity index (χ0n) is 23.4. The number of aliphatic carboxylic acids is 1. The van der Waals surface area contributed by atoms with Gasteiger partial charge in [-0.3, -0.25) is 9.79 Å². The predicted molar refractivity (Wildman–Crippen MR) is 145 cm³/mol. The number of amides is 2. The van der Waals surface area contributed by atoms with Crippen LogP contribution >= 0.6 is 11.8 Å². The fourth-order valence-corrected chi connectivity index (χ4v) is 4.93. The van der Waals surface area contributed by atoms with Crippen LogP contribution in [0.25, 0.3) is 0 Å². The summed E-state index contributed by atoms with van der Waals surface area (Å²) >= 11 is 1.66. The van der Waals surface area contributed by atoms with Crippen molar-refractivity contribution in [1.82, 2.24) is 10.6 Å². The second-order valence-corrected chi connectivity index (χ2v) is 11.1. The van der Waals surface area contributed by atoms with Crippen LogP contribution < -0.4 is 10.6 Å². The average molecular weight is 608 g/mol. The molecule has 0 radical (unpaired) electrons. The molecule has 1 aromatic carbocycles. The monoisotopic (exact) mass is 607 g/mol. The normalized spacial score (nSPS) is 23.1. The largest absolute Gasteiger partial charge is 0.490 e. The summed E-state index contributed by atoms with van der Waals surface area (Å²) in [6.07, 6.45) is -7.67. The van der Waals surface area contributed by atoms with Gasteiger partial charge >= 0.3 is 18.2 Å². The zero-order valence-corrected chi connectivity index (χ0v) is 24.2. The molecule has 2 aliphatic heterocycles. The molecule has 1 aromatic rings. The molecule has 3 N–H and O–H groups in total. The van der Waals surface area contributed by atoms with E-state index < -0.39 is 48.3 Å². The lowest BCUT2D eigenvalue weighted by Gasteiger charge is -2.24. The Labute approximate surface area is 240 Å². The molecule has 0 spiro atoms. The first-order valence-electron chi connectivity index (χ1n) is 12.7. The summed E-state index contributed by atoms with van der Waals surface area (Å²) in [5, 5.41) is 13.8. The lowest BCUT2D eigenvalue weighted by molar-refractivity contribution is -0.192. The van der Waals surface area contributed by atoms with Crippen LogP contribution in [0.4, 0.5) is 18.0 Å². The highest BCUT2D eigenvalue weighted by atomic mass is 32.2. The van der Waals surface area contributed by atoms with Crippen molar-refractivity contribution in [3.8, 4) is 0 Å². The maximum absolute atomic E-state index is 13.4. The molecule has 15 heteroatoms. The molecule has 0 bridgehead atoms. The minimum absolute atomic E-state index is 0.118. The van der Waals surface area contributed by atoms with E-state index in [0.29, 0.717) is 6.42 Å². The molecular formula is C26H36F3N3O8S. The molecule has 2 amide bonds. The van der Waals surface area contributed by atoms with Gasteiger partial charge in [-0.05, 0) is 32.8 Å². The van der Waals surface area contributed by atoms with Gasteiger partial charge in [-0.1, -0.05) is 30.3 Å². The van der Waals surface area contributed by atoms with Gasteiger partial charge in [0.2, 0.25) is 0 Å². The minimum Gasteiger partial charge on any atom is -0.475 e. The van der Waals surface area contributed by atoms with Crippen LogP contribution in [0.1, 0.15) is 26.3 Å². The van der Waals surface area contributed by atoms with E-state index in [-0.39, 0.29) is 18.5 Å². The molecule has 230 valence electrons. The SMILES string of the molecule is CO[C@H]1[C@H](OC)[C@H](C(=O)N[C@@H](Cc2ccccc2)C2=NCCS2)O[C@@H]1CNC(=O)OC(C)(C)C.O=C(O)C(F)(F)F. The molecule has 11 nitrogen and oxygen atoms in total. The predicted octanol–water partition coefficient (Wildman–Crippen LogP) is 2.81. The maximum atomic E-state index is 13.4. The number of halogens is 3. The second-order valence-electron chi connectivity index (χ2n) is 10.0. The molecule has 3 rings (SSSR count). The van der Waals surface area contributed by atoms with Gasteiger partial charge in [0.1, 0.15) is 23.9 Å². The summed E-state index contributed by atoms with van der Waals surface area (Å²) in [4.78, 5) is 38.9. The second kappa shape index (κ2) is 15.4. The van der Waals surface area contributed by atoms with Gasteiger partial charge in [0.15, 0.2) is 6.10 Å². The molecule has 5 atom stereocenters. The van der Waals surface area contributed by atoms with Crippen LogP contribution in [0, 0.1) is 0 Å². The van der Waals surface area contributed by atoms with Gasteiger partial charge in [0.05, 0.1) is 11.1 Å². The number of alkyl halides is 3. The van der Waals surface area contributed by atoms with Crippen LogP contribution in [-0.2, 0) is 35.0 Å². The summed E-state index contributed by atoms with van der Waals surface area (Å²) in [5.41, 5.74) is 0.487. The molecule has 2 aliphatic rings. The number of benzene rings is 1. The number of hydrogen-bond acceptors (Lipinski definition) is 9. The van der Waals surface area contributed by atoms with Crippen molar-refractivity contribution in [3.63, 3.8) is 0 Å². The molecule has 41 heavy (non-hydrogen) atoms. The van der Waals surface area contributed by atoms with E-state index in [9.17, 15) is 22.8 Å². The van der Waals surface area contributed by atoms with E-state index in [4.69, 9.17) is 28.8 Å². The number of rotatable bonds is 9. The molecule has 0 unspecified atom stereocenters. The Hall–Kier alpha value is -2.88. The number of nitrogens with zero attached hydrogens (tertiary/aromatic N) is 1. The molecule has 0 saturated carbocycles. The Kier molecular flexibility index (Phi) is 12.9. The molecule has 1 saturated heterocycles. The molecule has 0 aromatic heterocycles. The third-order valence-electron chi connectivity index (χ3n) is 5.71. The van der Waals surface area contributed by atoms with Crippen molar-refractivity contribution in [2.75, 3.05) is 33.1 Å². The highest BCUT2D eigenvalue weighted by molar-refractivity contribution is 8.14. The third-order valence-corrected chi connectivity index (χ3v) is 6.80. The Balaban J connectivity index is 0.000000745. The van der Waals surface area contributed by atoms with E-state index in [0.717, 1.165) is 22.9 Å². The standard InChI is InChI=1S/C24H35N3O6S.C2HF3O2/c1-24(2,3)33-23(29)26-14-17-18(30-4)19(31-5)20(32-17)21(28)27-16(22-25-11-12-34-22)13-15-9-7-6-8-10-15;3-2(4,5)1(6)7/h6-10,16-20H,11-14H2,1-5H3,(H,26,29)(H,27,28);(H,6,7)/t16-,17+,18+,19-,20+;/m0./s1. The summed E-state index contributed by atoms with van der Waals surface area (Å²) in [6.45, 7) is 6.23. The number of alkyl carbamates (subject to hydrolysis) is 1. The number of thioether (sulfide) groups is 1. The number of hydrogen-bond donors (Lipinski definition) is 3. The van der Waals surface area contributed by atoms with E-state index in [2.05, 4.69) is 15.6 Å². The zero-order chi connectivity index (χ0) is 30.8. The van der Waals surface area contributed by atoms with Crippen molar-refractivity contribution in [2.45, 2.75) is 69.4 Å². The topological polar surface area (TPSA) is 145 Å². The lowest BCUT2D eigenvalue weighted by atomic mass is 10.0. The molecule has 2 heterocycles. The van der Waals surface area contributed by atoms with E-state index >= 15 is 0 Å². The van der Waals surface area contributed by atoms with E-state index in [1.165, 1.54) is 14.2 Å². The number of carbonyl (C=O) groups excluding carboxylic acids is 2. The Morgan fingerprint density at radius 1 is 1.12 bits per heavy atom. The number of aliphatic imine (C=N–C) groups is 1. The van der Waals surface area contributed by atoms with Crippen LogP contribution in [-0.4, -0.2) is 103 Å². The number of nitrogens with one attached hydrogen (secondary N) is 2. The Morgan fingerprint density at radius 2 is 1.73 bits per heavy atom. The quantitative estimate of drug-likeness (QED) is 0.386. The van der Waals surface area contributed by atoms with Gasteiger partial charge in [0, 0.05) is 33.1 Å². The molecule has 1 fully saturated rings. The van der Waals surface area contributed by atoms with Gasteiger partial charge in [-0.2, -0.15) is 13.2 Å². The van der Waals surface area contributed by atoms with Gasteiger partial charge in [0.25, 0.3) is 5.91 Å². The third kappa shape index (κ3) is 11.1. The first-order valence-corrected chi connectivity index (χ1v) is 13.6. The number of carbonyl (C=O) groups is 3. The highest BCUT2D eigenvalue weighted by Crippen LogP contribution is 2.27. The van der Waals surface area contributed by atoms with Crippen LogP contribution in [0.15, 0.2) is 35.3 Å². The van der Waals surface area contributed by atoms with Gasteiger partial charge < -0.3 is 34.7 Å². The fourth-order valence-electron chi connectivity index (χ4n) is 4.01. The molecular weight excluding hydrogens is 571 g/mol. The van der Waals surface area contributed by atoms with Crippen LogP contribution in [0.5, 0.6) is 0 Å². The summed E-state index contributed by atoms with van der Waals surface area (Å²) < 4.78 is 54.3. The fraction of sp³-hybridized carbons (Fsp3) is 0.615. The van der Waals surface area contributed by atoms with Crippen molar-refractivity contribution in [1.29, 1.82) is 0 Å². The number of carboxylic acids is 1. The summed E-state index contributed by atoms with van der Waals surface area (Å²) in [6, 6.07) is 9.72.